The molecule has 0 aliphatic carbocycles. The van der Waals surface area contributed by atoms with Crippen molar-refractivity contribution < 1.29 is 32.5 Å². The summed E-state index contributed by atoms with van der Waals surface area (Å²) in [4.78, 5) is 40.8. The van der Waals surface area contributed by atoms with Crippen LogP contribution < -0.4 is 10.6 Å². The minimum atomic E-state index is -4.41. The predicted octanol–water partition coefficient (Wildman–Crippen LogP) is -0.523. The van der Waals surface area contributed by atoms with E-state index < -0.39 is 38.8 Å². The van der Waals surface area contributed by atoms with Gasteiger partial charge < -0.3 is 15.7 Å². The van der Waals surface area contributed by atoms with Gasteiger partial charge in [0.2, 0.25) is 17.0 Å². The average molecular weight is 558 g/mol. The van der Waals surface area contributed by atoms with Gasteiger partial charge in [0.15, 0.2) is 5.88 Å². The summed E-state index contributed by atoms with van der Waals surface area (Å²) in [7, 11) is -4.41. The average Bonchev–Trinajstić information content (AvgIpc) is 3.25. The smallest absolute Gasteiger partial charge is 0.313 e. The zero-order valence-corrected chi connectivity index (χ0v) is 21.4. The van der Waals surface area contributed by atoms with Crippen LogP contribution in [-0.4, -0.2) is 90.4 Å². The molecule has 0 spiro atoms. The summed E-state index contributed by atoms with van der Waals surface area (Å²) in [5.74, 6) is -2.61. The molecule has 3 atom stereocenters. The molecule has 17 heteroatoms. The number of rotatable bonds is 9. The SMILES string of the molecule is CC(=O)N(c1ccc(CN)cc1)C1C(=O)N2CC(CSc3nnnn3CS(=O)(=O)O)(C(=O)O)CS[C@H]12. The van der Waals surface area contributed by atoms with Crippen LogP contribution >= 0.6 is 23.5 Å². The number of aliphatic carboxylic acids is 1. The summed E-state index contributed by atoms with van der Waals surface area (Å²) in [6.45, 7) is 1.61. The Morgan fingerprint density at radius 3 is 2.61 bits per heavy atom. The van der Waals surface area contributed by atoms with Gasteiger partial charge in [-0.1, -0.05) is 23.9 Å². The molecule has 36 heavy (non-hydrogen) atoms. The maximum Gasteiger partial charge on any atom is 0.313 e. The molecule has 2 aromatic rings. The van der Waals surface area contributed by atoms with Crippen molar-refractivity contribution in [3.63, 3.8) is 0 Å². The number of hydrogen-bond donors (Lipinski definition) is 3. The van der Waals surface area contributed by atoms with Crippen molar-refractivity contribution in [1.82, 2.24) is 25.1 Å². The number of aromatic nitrogens is 4. The van der Waals surface area contributed by atoms with Crippen LogP contribution in [0, 0.1) is 5.41 Å². The molecule has 2 fully saturated rings. The Morgan fingerprint density at radius 1 is 1.33 bits per heavy atom. The quantitative estimate of drug-likeness (QED) is 0.202. The molecule has 14 nitrogen and oxygen atoms in total. The second kappa shape index (κ2) is 9.97. The van der Waals surface area contributed by atoms with Gasteiger partial charge in [-0.3, -0.25) is 23.8 Å². The number of carbonyl (C=O) groups excluding carboxylic acids is 2. The third-order valence-corrected chi connectivity index (χ3v) is 9.29. The van der Waals surface area contributed by atoms with Crippen LogP contribution in [-0.2, 0) is 36.9 Å². The monoisotopic (exact) mass is 557 g/mol. The maximum absolute atomic E-state index is 13.2. The molecular formula is C19H23N7O7S3. The van der Waals surface area contributed by atoms with Crippen molar-refractivity contribution in [1.29, 1.82) is 0 Å². The highest BCUT2D eigenvalue weighted by atomic mass is 32.2. The maximum atomic E-state index is 13.2. The number of carboxylic acids is 1. The predicted molar refractivity (Wildman–Crippen MR) is 129 cm³/mol. The van der Waals surface area contributed by atoms with Gasteiger partial charge in [-0.2, -0.15) is 8.42 Å². The highest BCUT2D eigenvalue weighted by molar-refractivity contribution is 8.00. The fraction of sp³-hybridized carbons (Fsp3) is 0.474. The summed E-state index contributed by atoms with van der Waals surface area (Å²) in [6.07, 6.45) is 0. The first-order valence-electron chi connectivity index (χ1n) is 10.5. The summed E-state index contributed by atoms with van der Waals surface area (Å²) in [5.41, 5.74) is 5.70. The number of amides is 2. The lowest BCUT2D eigenvalue weighted by Gasteiger charge is -2.56. The van der Waals surface area contributed by atoms with E-state index in [1.54, 1.807) is 24.3 Å². The van der Waals surface area contributed by atoms with E-state index in [0.717, 1.165) is 22.0 Å². The zero-order chi connectivity index (χ0) is 26.3. The van der Waals surface area contributed by atoms with E-state index in [1.165, 1.54) is 28.5 Å². The third-order valence-electron chi connectivity index (χ3n) is 5.90. The molecule has 2 saturated heterocycles. The first-order valence-corrected chi connectivity index (χ1v) is 14.2. The fourth-order valence-corrected chi connectivity index (χ4v) is 7.40. The van der Waals surface area contributed by atoms with E-state index in [1.807, 2.05) is 0 Å². The van der Waals surface area contributed by atoms with E-state index in [2.05, 4.69) is 15.5 Å². The minimum Gasteiger partial charge on any atom is -0.481 e. The largest absolute Gasteiger partial charge is 0.481 e. The number of anilines is 1. The van der Waals surface area contributed by atoms with Gasteiger partial charge in [0.25, 0.3) is 10.1 Å². The standard InChI is InChI=1S/C19H23N7O7S3/c1-11(27)26(13-4-2-12(6-20)3-5-13)14-15(28)24-7-19(17(29)30,8-34-16(14)24)9-35-18-21-22-23-25(18)10-36(31,32)33/h2-5,14,16H,6-10,20H2,1H3,(H,29,30)(H,31,32,33)/t14?,16-,19?/m1/s1. The fourth-order valence-electron chi connectivity index (χ4n) is 4.06. The van der Waals surface area contributed by atoms with Crippen molar-refractivity contribution in [2.75, 3.05) is 23.0 Å². The molecule has 0 bridgehead atoms. The normalized spacial score (nSPS) is 23.6. The Kier molecular flexibility index (Phi) is 7.29. The van der Waals surface area contributed by atoms with Crippen LogP contribution in [0.1, 0.15) is 12.5 Å². The zero-order valence-electron chi connectivity index (χ0n) is 18.9. The first-order chi connectivity index (χ1) is 17.0. The van der Waals surface area contributed by atoms with Crippen molar-refractivity contribution >= 4 is 57.1 Å². The third kappa shape index (κ3) is 5.06. The summed E-state index contributed by atoms with van der Waals surface area (Å²) in [6, 6.07) is 6.24. The Labute approximate surface area is 214 Å². The van der Waals surface area contributed by atoms with E-state index >= 15 is 0 Å². The number of tetrazole rings is 1. The van der Waals surface area contributed by atoms with Crippen LogP contribution in [0.5, 0.6) is 0 Å². The number of carbonyl (C=O) groups is 3. The van der Waals surface area contributed by atoms with Gasteiger partial charge in [0.05, 0.1) is 0 Å². The van der Waals surface area contributed by atoms with Gasteiger partial charge in [-0.15, -0.1) is 16.9 Å². The number of thioether (sulfide) groups is 2. The van der Waals surface area contributed by atoms with Gasteiger partial charge in [-0.25, -0.2) is 4.68 Å². The molecule has 2 aliphatic rings. The van der Waals surface area contributed by atoms with Crippen LogP contribution in [0.25, 0.3) is 0 Å². The molecule has 3 heterocycles. The van der Waals surface area contributed by atoms with E-state index in [4.69, 9.17) is 10.3 Å². The number of nitrogens with zero attached hydrogens (tertiary/aromatic N) is 6. The minimum absolute atomic E-state index is 0.0110. The molecule has 2 unspecified atom stereocenters. The van der Waals surface area contributed by atoms with Crippen molar-refractivity contribution in [3.05, 3.63) is 29.8 Å². The van der Waals surface area contributed by atoms with Gasteiger partial charge >= 0.3 is 5.97 Å². The van der Waals surface area contributed by atoms with E-state index in [0.29, 0.717) is 12.2 Å². The van der Waals surface area contributed by atoms with E-state index in [-0.39, 0.29) is 35.0 Å². The molecule has 0 radical (unpaired) electrons. The molecular weight excluding hydrogens is 534 g/mol. The second-order valence-electron chi connectivity index (χ2n) is 8.42. The van der Waals surface area contributed by atoms with Crippen molar-refractivity contribution in [3.8, 4) is 0 Å². The Morgan fingerprint density at radius 2 is 2.03 bits per heavy atom. The highest BCUT2D eigenvalue weighted by Crippen LogP contribution is 2.46. The molecule has 1 aromatic carbocycles. The second-order valence-corrected chi connectivity index (χ2v) is 11.9. The van der Waals surface area contributed by atoms with Gasteiger partial charge in [0, 0.05) is 37.2 Å². The Hall–Kier alpha value is -2.73. The Bertz CT molecular complexity index is 1290. The summed E-state index contributed by atoms with van der Waals surface area (Å²) < 4.78 is 32.3. The molecule has 2 amide bonds. The Balaban J connectivity index is 1.50. The van der Waals surface area contributed by atoms with E-state index in [9.17, 15) is 27.9 Å². The molecule has 4 rings (SSSR count). The molecule has 194 valence electrons. The van der Waals surface area contributed by atoms with Gasteiger partial charge in [-0.05, 0) is 28.1 Å². The van der Waals surface area contributed by atoms with Crippen LogP contribution in [0.4, 0.5) is 5.69 Å². The summed E-state index contributed by atoms with van der Waals surface area (Å²) >= 11 is 2.18. The number of benzene rings is 1. The molecule has 0 saturated carbocycles. The number of fused-ring (bicyclic) bond motifs is 1. The van der Waals surface area contributed by atoms with Crippen LogP contribution in [0.15, 0.2) is 29.4 Å². The van der Waals surface area contributed by atoms with Crippen LogP contribution in [0.2, 0.25) is 0 Å². The lowest BCUT2D eigenvalue weighted by atomic mass is 9.89. The van der Waals surface area contributed by atoms with Crippen molar-refractivity contribution in [2.24, 2.45) is 11.1 Å². The number of carboxylic acid groups (broad SMARTS) is 1. The van der Waals surface area contributed by atoms with Gasteiger partial charge in [0.1, 0.15) is 16.8 Å². The lowest BCUT2D eigenvalue weighted by molar-refractivity contribution is -0.156. The lowest BCUT2D eigenvalue weighted by Crippen LogP contribution is -2.74. The highest BCUT2D eigenvalue weighted by Gasteiger charge is 2.59. The topological polar surface area (TPSA) is 202 Å². The first kappa shape index (κ1) is 26.3. The number of β-lactam (4-membered cyclic amide) rings is 1. The van der Waals surface area contributed by atoms with Crippen molar-refractivity contribution in [2.45, 2.75) is 35.9 Å². The van der Waals surface area contributed by atoms with Crippen LogP contribution in [0.3, 0.4) is 0 Å². The number of nitrogens with two attached hydrogens (primary N) is 1. The summed E-state index contributed by atoms with van der Waals surface area (Å²) in [5, 5.41) is 20.2. The molecule has 1 aromatic heterocycles. The molecule has 2 aliphatic heterocycles. The number of hydrogen-bond acceptors (Lipinski definition) is 11. The molecule has 4 N–H and O–H groups in total.